The van der Waals surface area contributed by atoms with E-state index < -0.39 is 11.7 Å². The van der Waals surface area contributed by atoms with Crippen molar-refractivity contribution in [1.82, 2.24) is 10.2 Å². The molecule has 0 aliphatic rings. The minimum atomic E-state index is -4.34. The molecule has 0 fully saturated rings. The van der Waals surface area contributed by atoms with Gasteiger partial charge in [0.15, 0.2) is 0 Å². The van der Waals surface area contributed by atoms with Gasteiger partial charge in [0.1, 0.15) is 0 Å². The number of H-pyrrole nitrogens is 1. The van der Waals surface area contributed by atoms with Gasteiger partial charge >= 0.3 is 6.18 Å². The third kappa shape index (κ3) is 2.35. The quantitative estimate of drug-likeness (QED) is 0.730. The summed E-state index contributed by atoms with van der Waals surface area (Å²) in [6.45, 7) is 5.63. The van der Waals surface area contributed by atoms with Gasteiger partial charge in [-0.3, -0.25) is 5.10 Å². The van der Waals surface area contributed by atoms with Gasteiger partial charge in [0.2, 0.25) is 0 Å². The molecule has 0 unspecified atom stereocenters. The van der Waals surface area contributed by atoms with Crippen LogP contribution in [0.1, 0.15) is 25.0 Å². The second kappa shape index (κ2) is 4.55. The Morgan fingerprint density at radius 1 is 1.19 bits per heavy atom. The monoisotopic (exact) mass is 230 g/mol. The molecule has 88 valence electrons. The summed E-state index contributed by atoms with van der Waals surface area (Å²) < 4.78 is 37.6. The smallest absolute Gasteiger partial charge is 0.277 e. The number of aryl methyl sites for hydroxylation is 1. The minimum absolute atomic E-state index is 0.0445. The van der Waals surface area contributed by atoms with Crippen LogP contribution < -0.4 is 0 Å². The highest BCUT2D eigenvalue weighted by atomic mass is 19.4. The van der Waals surface area contributed by atoms with Gasteiger partial charge in [0.05, 0.1) is 17.3 Å². The number of nitrogens with one attached hydrogen (secondary N) is 1. The zero-order valence-corrected chi connectivity index (χ0v) is 9.31. The second-order valence-corrected chi connectivity index (χ2v) is 3.14. The average Bonchev–Trinajstić information content (AvgIpc) is 2.65. The molecule has 0 amide bonds. The second-order valence-electron chi connectivity index (χ2n) is 3.14. The molecule has 5 heteroatoms. The highest BCUT2D eigenvalue weighted by molar-refractivity contribution is 5.82. The first kappa shape index (κ1) is 12.5. The minimum Gasteiger partial charge on any atom is -0.277 e. The largest absolute Gasteiger partial charge is 0.418 e. The fourth-order valence-electron chi connectivity index (χ4n) is 1.43. The van der Waals surface area contributed by atoms with E-state index in [0.29, 0.717) is 10.9 Å². The molecule has 2 aromatic rings. The summed E-state index contributed by atoms with van der Waals surface area (Å²) in [4.78, 5) is 0. The Morgan fingerprint density at radius 3 is 2.38 bits per heavy atom. The fourth-order valence-corrected chi connectivity index (χ4v) is 1.43. The molecule has 0 bridgehead atoms. The molecule has 1 heterocycles. The summed E-state index contributed by atoms with van der Waals surface area (Å²) in [5.74, 6) is 0. The SMILES string of the molecule is CC.Cc1cc(C(F)(F)F)c2[nH]ncc2c1. The maximum absolute atomic E-state index is 12.5. The van der Waals surface area contributed by atoms with E-state index in [2.05, 4.69) is 10.2 Å². The number of alkyl halides is 3. The maximum Gasteiger partial charge on any atom is 0.418 e. The number of hydrogen-bond acceptors (Lipinski definition) is 1. The van der Waals surface area contributed by atoms with Crippen molar-refractivity contribution < 1.29 is 13.2 Å². The van der Waals surface area contributed by atoms with Crippen molar-refractivity contribution in [3.05, 3.63) is 29.5 Å². The molecule has 16 heavy (non-hydrogen) atoms. The van der Waals surface area contributed by atoms with Crippen LogP contribution in [0.15, 0.2) is 18.3 Å². The first-order valence-corrected chi connectivity index (χ1v) is 4.99. The van der Waals surface area contributed by atoms with Gasteiger partial charge in [0.25, 0.3) is 0 Å². The van der Waals surface area contributed by atoms with Gasteiger partial charge < -0.3 is 0 Å². The van der Waals surface area contributed by atoms with Gasteiger partial charge in [-0.1, -0.05) is 13.8 Å². The standard InChI is InChI=1S/C9H7F3N2.C2H6/c1-5-2-6-4-13-14-8(6)7(3-5)9(10,11)12;1-2/h2-4H,1H3,(H,13,14);1-2H3. The predicted molar refractivity (Wildman–Crippen MR) is 57.2 cm³/mol. The molecule has 0 atom stereocenters. The van der Waals surface area contributed by atoms with Crippen LogP contribution in [-0.4, -0.2) is 10.2 Å². The number of nitrogens with zero attached hydrogens (tertiary/aromatic N) is 1. The first-order chi connectivity index (χ1) is 7.48. The number of aromatic amines is 1. The number of rotatable bonds is 0. The molecule has 0 aliphatic heterocycles. The average molecular weight is 230 g/mol. The molecule has 0 spiro atoms. The molecule has 0 saturated heterocycles. The van der Waals surface area contributed by atoms with Crippen LogP contribution in [0.2, 0.25) is 0 Å². The molecule has 0 radical (unpaired) electrons. The zero-order chi connectivity index (χ0) is 12.3. The number of fused-ring (bicyclic) bond motifs is 1. The summed E-state index contributed by atoms with van der Waals surface area (Å²) >= 11 is 0. The predicted octanol–water partition coefficient (Wildman–Crippen LogP) is 3.92. The molecule has 0 saturated carbocycles. The van der Waals surface area contributed by atoms with E-state index in [9.17, 15) is 13.2 Å². The topological polar surface area (TPSA) is 28.7 Å². The lowest BCUT2D eigenvalue weighted by Crippen LogP contribution is -2.06. The Kier molecular flexibility index (Phi) is 3.57. The van der Waals surface area contributed by atoms with Crippen LogP contribution in [-0.2, 0) is 6.18 Å². The van der Waals surface area contributed by atoms with Crippen molar-refractivity contribution in [3.8, 4) is 0 Å². The van der Waals surface area contributed by atoms with Crippen molar-refractivity contribution in [2.75, 3.05) is 0 Å². The zero-order valence-electron chi connectivity index (χ0n) is 9.31. The molecule has 2 nitrogen and oxygen atoms in total. The Bertz CT molecular complexity index is 472. The van der Waals surface area contributed by atoms with E-state index in [1.54, 1.807) is 13.0 Å². The van der Waals surface area contributed by atoms with Crippen LogP contribution in [0.5, 0.6) is 0 Å². The van der Waals surface area contributed by atoms with E-state index >= 15 is 0 Å². The number of hydrogen-bond donors (Lipinski definition) is 1. The first-order valence-electron chi connectivity index (χ1n) is 4.99. The highest BCUT2D eigenvalue weighted by Crippen LogP contribution is 2.34. The molecule has 2 rings (SSSR count). The number of aromatic nitrogens is 2. The Balaban J connectivity index is 0.000000606. The summed E-state index contributed by atoms with van der Waals surface area (Å²) in [5.41, 5.74) is -0.0423. The third-order valence-electron chi connectivity index (χ3n) is 2.00. The number of benzene rings is 1. The number of halogens is 3. The van der Waals surface area contributed by atoms with Gasteiger partial charge in [-0.2, -0.15) is 18.3 Å². The summed E-state index contributed by atoms with van der Waals surface area (Å²) in [6.07, 6.45) is -2.95. The van der Waals surface area contributed by atoms with Crippen molar-refractivity contribution in [2.45, 2.75) is 26.9 Å². The molecular formula is C11H13F3N2. The Morgan fingerprint density at radius 2 is 1.81 bits per heavy atom. The van der Waals surface area contributed by atoms with Crippen molar-refractivity contribution in [3.63, 3.8) is 0 Å². The van der Waals surface area contributed by atoms with E-state index in [1.807, 2.05) is 13.8 Å². The summed E-state index contributed by atoms with van der Waals surface area (Å²) in [7, 11) is 0. The lowest BCUT2D eigenvalue weighted by molar-refractivity contribution is -0.136. The molecule has 1 aromatic carbocycles. The highest BCUT2D eigenvalue weighted by Gasteiger charge is 2.33. The van der Waals surface area contributed by atoms with Crippen LogP contribution in [0.3, 0.4) is 0 Å². The van der Waals surface area contributed by atoms with Crippen molar-refractivity contribution >= 4 is 10.9 Å². The Hall–Kier alpha value is -1.52. The lowest BCUT2D eigenvalue weighted by atomic mass is 10.1. The van der Waals surface area contributed by atoms with Gasteiger partial charge in [-0.05, 0) is 24.6 Å². The van der Waals surface area contributed by atoms with Crippen LogP contribution >= 0.6 is 0 Å². The van der Waals surface area contributed by atoms with Crippen molar-refractivity contribution in [2.24, 2.45) is 0 Å². The third-order valence-corrected chi connectivity index (χ3v) is 2.00. The van der Waals surface area contributed by atoms with Gasteiger partial charge in [-0.25, -0.2) is 0 Å². The molecular weight excluding hydrogens is 217 g/mol. The van der Waals surface area contributed by atoms with Crippen LogP contribution in [0.4, 0.5) is 13.2 Å². The Labute approximate surface area is 91.5 Å². The van der Waals surface area contributed by atoms with Gasteiger partial charge in [0, 0.05) is 5.39 Å². The normalized spacial score (nSPS) is 11.1. The van der Waals surface area contributed by atoms with E-state index in [4.69, 9.17) is 0 Å². The van der Waals surface area contributed by atoms with Crippen LogP contribution in [0.25, 0.3) is 10.9 Å². The fraction of sp³-hybridized carbons (Fsp3) is 0.364. The van der Waals surface area contributed by atoms with Crippen molar-refractivity contribution in [1.29, 1.82) is 0 Å². The van der Waals surface area contributed by atoms with E-state index in [0.717, 1.165) is 6.07 Å². The van der Waals surface area contributed by atoms with Crippen LogP contribution in [0, 0.1) is 6.92 Å². The van der Waals surface area contributed by atoms with E-state index in [-0.39, 0.29) is 5.52 Å². The maximum atomic E-state index is 12.5. The lowest BCUT2D eigenvalue weighted by Gasteiger charge is -2.08. The van der Waals surface area contributed by atoms with E-state index in [1.165, 1.54) is 6.20 Å². The molecule has 1 N–H and O–H groups in total. The summed E-state index contributed by atoms with van der Waals surface area (Å²) in [6, 6.07) is 2.77. The van der Waals surface area contributed by atoms with Gasteiger partial charge in [-0.15, -0.1) is 0 Å². The molecule has 1 aromatic heterocycles. The molecule has 0 aliphatic carbocycles. The summed E-state index contributed by atoms with van der Waals surface area (Å²) in [5, 5.41) is 6.43.